The second kappa shape index (κ2) is 6.49. The fourth-order valence-electron chi connectivity index (χ4n) is 3.41. The van der Waals surface area contributed by atoms with Crippen LogP contribution < -0.4 is 5.32 Å². The number of nitrogens with one attached hydrogen (secondary N) is 1. The van der Waals surface area contributed by atoms with Crippen molar-refractivity contribution in [1.82, 2.24) is 14.6 Å². The maximum absolute atomic E-state index is 11.0. The fraction of sp³-hybridized carbons (Fsp3) is 0.600. The Bertz CT molecular complexity index is 688. The van der Waals surface area contributed by atoms with Gasteiger partial charge in [0.05, 0.1) is 0 Å². The summed E-state index contributed by atoms with van der Waals surface area (Å²) in [6.07, 6.45) is 7.77. The average Bonchev–Trinajstić information content (AvgIpc) is 2.97. The lowest BCUT2D eigenvalue weighted by atomic mass is 9.72. The van der Waals surface area contributed by atoms with Gasteiger partial charge < -0.3 is 20.5 Å². The molecular weight excluding hydrogens is 298 g/mol. The van der Waals surface area contributed by atoms with Crippen molar-refractivity contribution in [1.29, 1.82) is 0 Å². The van der Waals surface area contributed by atoms with E-state index >= 15 is 0 Å². The van der Waals surface area contributed by atoms with Crippen LogP contribution in [0, 0.1) is 15.5 Å². The number of hydrogen-bond donors (Lipinski definition) is 2. The topological polar surface area (TPSA) is 106 Å². The van der Waals surface area contributed by atoms with Crippen molar-refractivity contribution < 1.29 is 10.0 Å². The predicted molar refractivity (Wildman–Crippen MR) is 85.4 cm³/mol. The van der Waals surface area contributed by atoms with Gasteiger partial charge in [-0.15, -0.1) is 0 Å². The van der Waals surface area contributed by atoms with E-state index in [2.05, 4.69) is 15.4 Å². The van der Waals surface area contributed by atoms with E-state index in [0.29, 0.717) is 18.0 Å². The van der Waals surface area contributed by atoms with E-state index in [1.807, 2.05) is 0 Å². The van der Waals surface area contributed by atoms with Crippen molar-refractivity contribution in [3.05, 3.63) is 28.4 Å². The number of aliphatic hydroxyl groups is 1. The minimum Gasteiger partial charge on any atom is -0.396 e. The Balaban J connectivity index is 1.77. The van der Waals surface area contributed by atoms with Gasteiger partial charge in [0.25, 0.3) is 0 Å². The SMILES string of the molecule is O=[N+]([O-])c1cnc2ccc(NCC3(CCO)CCCCC3)nn12. The molecule has 0 aliphatic heterocycles. The second-order valence-corrected chi connectivity index (χ2v) is 6.25. The molecule has 1 fully saturated rings. The Morgan fingerprint density at radius 2 is 2.13 bits per heavy atom. The number of rotatable bonds is 6. The Labute approximate surface area is 133 Å². The number of nitrogens with zero attached hydrogens (tertiary/aromatic N) is 4. The zero-order valence-electron chi connectivity index (χ0n) is 12.9. The van der Waals surface area contributed by atoms with Gasteiger partial charge in [0.2, 0.25) is 5.65 Å². The quantitative estimate of drug-likeness (QED) is 0.625. The molecule has 2 aromatic rings. The summed E-state index contributed by atoms with van der Waals surface area (Å²) < 4.78 is 1.24. The molecule has 0 atom stereocenters. The van der Waals surface area contributed by atoms with Gasteiger partial charge in [-0.3, -0.25) is 0 Å². The van der Waals surface area contributed by atoms with Crippen molar-refractivity contribution >= 4 is 17.3 Å². The molecule has 0 aromatic carbocycles. The Morgan fingerprint density at radius 1 is 1.35 bits per heavy atom. The van der Waals surface area contributed by atoms with E-state index in [4.69, 9.17) is 0 Å². The van der Waals surface area contributed by atoms with Crippen molar-refractivity contribution in [2.24, 2.45) is 5.41 Å². The smallest absolute Gasteiger partial charge is 0.368 e. The molecule has 2 heterocycles. The van der Waals surface area contributed by atoms with Crippen LogP contribution in [-0.2, 0) is 0 Å². The third kappa shape index (κ3) is 3.26. The molecule has 23 heavy (non-hydrogen) atoms. The summed E-state index contributed by atoms with van der Waals surface area (Å²) in [6.45, 7) is 0.899. The van der Waals surface area contributed by atoms with E-state index in [0.717, 1.165) is 19.3 Å². The number of nitro groups is 1. The van der Waals surface area contributed by atoms with Crippen molar-refractivity contribution in [2.45, 2.75) is 38.5 Å². The van der Waals surface area contributed by atoms with E-state index in [9.17, 15) is 15.2 Å². The molecule has 1 aliphatic carbocycles. The van der Waals surface area contributed by atoms with Gasteiger partial charge in [-0.2, -0.15) is 0 Å². The molecule has 1 saturated carbocycles. The first-order chi connectivity index (χ1) is 11.1. The highest BCUT2D eigenvalue weighted by Crippen LogP contribution is 2.39. The number of fused-ring (bicyclic) bond motifs is 1. The monoisotopic (exact) mass is 319 g/mol. The van der Waals surface area contributed by atoms with E-state index in [1.165, 1.54) is 30.0 Å². The van der Waals surface area contributed by atoms with Gasteiger partial charge in [0.15, 0.2) is 5.82 Å². The van der Waals surface area contributed by atoms with Gasteiger partial charge in [-0.05, 0) is 35.7 Å². The standard InChI is InChI=1S/C15H21N5O3/c21-9-8-15(6-2-1-3-7-15)11-17-12-4-5-13-16-10-14(20(22)23)19(13)18-12/h4-5,10,21H,1-3,6-9,11H2,(H,17,18). The van der Waals surface area contributed by atoms with Gasteiger partial charge in [0, 0.05) is 19.2 Å². The third-order valence-corrected chi connectivity index (χ3v) is 4.73. The zero-order chi connectivity index (χ0) is 16.3. The lowest BCUT2D eigenvalue weighted by Gasteiger charge is -2.37. The summed E-state index contributed by atoms with van der Waals surface area (Å²) in [5, 5.41) is 27.9. The molecule has 8 heteroatoms. The van der Waals surface area contributed by atoms with E-state index in [1.54, 1.807) is 12.1 Å². The summed E-state index contributed by atoms with van der Waals surface area (Å²) in [5.74, 6) is 0.438. The Morgan fingerprint density at radius 3 is 2.83 bits per heavy atom. The summed E-state index contributed by atoms with van der Waals surface area (Å²) >= 11 is 0. The van der Waals surface area contributed by atoms with Crippen LogP contribution in [0.15, 0.2) is 18.3 Å². The average molecular weight is 319 g/mol. The second-order valence-electron chi connectivity index (χ2n) is 6.25. The molecule has 3 rings (SSSR count). The molecule has 0 unspecified atom stereocenters. The Hall–Kier alpha value is -2.22. The van der Waals surface area contributed by atoms with Gasteiger partial charge in [-0.25, -0.2) is 4.98 Å². The van der Waals surface area contributed by atoms with E-state index in [-0.39, 0.29) is 17.8 Å². The van der Waals surface area contributed by atoms with Gasteiger partial charge in [0.1, 0.15) is 6.20 Å². The zero-order valence-corrected chi connectivity index (χ0v) is 12.9. The number of anilines is 1. The highest BCUT2D eigenvalue weighted by Gasteiger charge is 2.31. The first kappa shape index (κ1) is 15.7. The predicted octanol–water partition coefficient (Wildman–Crippen LogP) is 2.38. The fourth-order valence-corrected chi connectivity index (χ4v) is 3.41. The molecular formula is C15H21N5O3. The number of hydrogen-bond acceptors (Lipinski definition) is 6. The van der Waals surface area contributed by atoms with Crippen LogP contribution in [0.2, 0.25) is 0 Å². The summed E-state index contributed by atoms with van der Waals surface area (Å²) in [6, 6.07) is 3.49. The molecule has 0 bridgehead atoms. The van der Waals surface area contributed by atoms with Crippen LogP contribution in [0.5, 0.6) is 0 Å². The number of aromatic nitrogens is 3. The van der Waals surface area contributed by atoms with Gasteiger partial charge >= 0.3 is 5.82 Å². The molecule has 8 nitrogen and oxygen atoms in total. The van der Waals surface area contributed by atoms with Crippen LogP contribution in [0.3, 0.4) is 0 Å². The lowest BCUT2D eigenvalue weighted by Crippen LogP contribution is -2.33. The highest BCUT2D eigenvalue weighted by atomic mass is 16.6. The minimum atomic E-state index is -0.495. The first-order valence-corrected chi connectivity index (χ1v) is 7.97. The number of imidazole rings is 1. The first-order valence-electron chi connectivity index (χ1n) is 7.97. The summed E-state index contributed by atoms with van der Waals surface area (Å²) in [5.41, 5.74) is 0.537. The molecule has 0 spiro atoms. The highest BCUT2D eigenvalue weighted by molar-refractivity contribution is 5.48. The van der Waals surface area contributed by atoms with Crippen LogP contribution in [-0.4, -0.2) is 37.8 Å². The van der Waals surface area contributed by atoms with Gasteiger partial charge in [-0.1, -0.05) is 28.9 Å². The molecule has 0 saturated heterocycles. The molecule has 0 radical (unpaired) electrons. The maximum atomic E-state index is 11.0. The molecule has 2 N–H and O–H groups in total. The molecule has 0 amide bonds. The van der Waals surface area contributed by atoms with Crippen molar-refractivity contribution in [2.75, 3.05) is 18.5 Å². The maximum Gasteiger partial charge on any atom is 0.368 e. The summed E-state index contributed by atoms with van der Waals surface area (Å²) in [7, 11) is 0. The summed E-state index contributed by atoms with van der Waals surface area (Å²) in [4.78, 5) is 14.5. The molecule has 1 aliphatic rings. The van der Waals surface area contributed by atoms with Crippen LogP contribution >= 0.6 is 0 Å². The van der Waals surface area contributed by atoms with Crippen LogP contribution in [0.4, 0.5) is 11.6 Å². The van der Waals surface area contributed by atoms with Crippen molar-refractivity contribution in [3.8, 4) is 0 Å². The lowest BCUT2D eigenvalue weighted by molar-refractivity contribution is -0.391. The third-order valence-electron chi connectivity index (χ3n) is 4.73. The van der Waals surface area contributed by atoms with E-state index < -0.39 is 4.92 Å². The number of aliphatic hydroxyl groups excluding tert-OH is 1. The van der Waals surface area contributed by atoms with Crippen LogP contribution in [0.25, 0.3) is 5.65 Å². The van der Waals surface area contributed by atoms with Crippen molar-refractivity contribution in [3.63, 3.8) is 0 Å². The Kier molecular flexibility index (Phi) is 4.42. The largest absolute Gasteiger partial charge is 0.396 e. The molecule has 2 aromatic heterocycles. The molecule has 124 valence electrons. The normalized spacial score (nSPS) is 17.3. The minimum absolute atomic E-state index is 0.0878. The van der Waals surface area contributed by atoms with Crippen LogP contribution in [0.1, 0.15) is 38.5 Å².